The Bertz CT molecular complexity index is 1550. The molecule has 0 saturated heterocycles. The molecule has 0 spiro atoms. The summed E-state index contributed by atoms with van der Waals surface area (Å²) >= 11 is 12.4. The molecule has 38 heavy (non-hydrogen) atoms. The Balaban J connectivity index is 1.51. The molecule has 1 amide bonds. The number of aromatic nitrogens is 1. The summed E-state index contributed by atoms with van der Waals surface area (Å²) in [5.74, 6) is -0.563. The van der Waals surface area contributed by atoms with Crippen LogP contribution in [0.15, 0.2) is 94.9 Å². The Morgan fingerprint density at radius 3 is 2.18 bits per heavy atom. The highest BCUT2D eigenvalue weighted by atomic mass is 35.5. The average Bonchev–Trinajstić information content (AvgIpc) is 3.16. The van der Waals surface area contributed by atoms with Gasteiger partial charge in [-0.25, -0.2) is 13.8 Å². The van der Waals surface area contributed by atoms with E-state index >= 15 is 0 Å². The van der Waals surface area contributed by atoms with Crippen molar-refractivity contribution in [2.24, 2.45) is 5.10 Å². The lowest BCUT2D eigenvalue weighted by Crippen LogP contribution is -2.39. The van der Waals surface area contributed by atoms with Crippen LogP contribution in [0.1, 0.15) is 22.5 Å². The van der Waals surface area contributed by atoms with Gasteiger partial charge in [-0.1, -0.05) is 71.7 Å². The molecule has 1 heterocycles. The SMILES string of the molecule is Cc1cc(/C=N\NC(=O)CN(Cc2ccccc2)S(=O)(=O)c2ccccc2)c(C)n1-c1cc(Cl)cc(Cl)c1. The Labute approximate surface area is 232 Å². The summed E-state index contributed by atoms with van der Waals surface area (Å²) in [6.07, 6.45) is 1.52. The maximum atomic E-state index is 13.3. The molecule has 0 bridgehead atoms. The number of sulfonamides is 1. The fourth-order valence-corrected chi connectivity index (χ4v) is 6.03. The monoisotopic (exact) mass is 568 g/mol. The molecule has 0 aliphatic heterocycles. The molecule has 4 aromatic rings. The van der Waals surface area contributed by atoms with Crippen molar-refractivity contribution >= 4 is 45.3 Å². The third kappa shape index (κ3) is 6.52. The fourth-order valence-electron chi connectivity index (χ4n) is 4.11. The van der Waals surface area contributed by atoms with Crippen molar-refractivity contribution < 1.29 is 13.2 Å². The first-order valence-electron chi connectivity index (χ1n) is 11.7. The molecule has 0 unspecified atom stereocenters. The number of hydrogen-bond acceptors (Lipinski definition) is 4. The second-order valence-corrected chi connectivity index (χ2v) is 11.5. The fraction of sp³-hybridized carbons (Fsp3) is 0.143. The van der Waals surface area contributed by atoms with Crippen LogP contribution >= 0.6 is 23.2 Å². The molecule has 1 aromatic heterocycles. The third-order valence-corrected chi connectivity index (χ3v) is 8.11. The number of nitrogens with zero attached hydrogens (tertiary/aromatic N) is 3. The van der Waals surface area contributed by atoms with Gasteiger partial charge in [0.25, 0.3) is 5.91 Å². The Hall–Kier alpha value is -3.43. The molecule has 10 heteroatoms. The molecule has 0 aliphatic carbocycles. The van der Waals surface area contributed by atoms with Crippen LogP contribution in [0.2, 0.25) is 10.0 Å². The van der Waals surface area contributed by atoms with Crippen LogP contribution in [0.3, 0.4) is 0 Å². The quantitative estimate of drug-likeness (QED) is 0.206. The molecule has 4 rings (SSSR count). The summed E-state index contributed by atoms with van der Waals surface area (Å²) in [6, 6.07) is 24.4. The first-order chi connectivity index (χ1) is 18.1. The van der Waals surface area contributed by atoms with E-state index in [9.17, 15) is 13.2 Å². The minimum Gasteiger partial charge on any atom is -0.318 e. The molecular weight excluding hydrogens is 543 g/mol. The maximum absolute atomic E-state index is 13.3. The number of carbonyl (C=O) groups is 1. The maximum Gasteiger partial charge on any atom is 0.255 e. The number of benzene rings is 3. The summed E-state index contributed by atoms with van der Waals surface area (Å²) in [4.78, 5) is 12.9. The Kier molecular flexibility index (Phi) is 8.69. The Morgan fingerprint density at radius 1 is 0.947 bits per heavy atom. The smallest absolute Gasteiger partial charge is 0.255 e. The van der Waals surface area contributed by atoms with Crippen LogP contribution in [0.5, 0.6) is 0 Å². The van der Waals surface area contributed by atoms with Crippen LogP contribution in [-0.2, 0) is 21.4 Å². The lowest BCUT2D eigenvalue weighted by atomic mass is 10.2. The van der Waals surface area contributed by atoms with Gasteiger partial charge in [-0.3, -0.25) is 4.79 Å². The minimum atomic E-state index is -3.92. The number of rotatable bonds is 9. The number of hydrogen-bond donors (Lipinski definition) is 1. The van der Waals surface area contributed by atoms with Crippen LogP contribution in [0, 0.1) is 13.8 Å². The molecule has 196 valence electrons. The zero-order valence-electron chi connectivity index (χ0n) is 20.8. The molecule has 0 aliphatic rings. The number of amides is 1. The molecule has 0 atom stereocenters. The summed E-state index contributed by atoms with van der Waals surface area (Å²) < 4.78 is 29.8. The van der Waals surface area contributed by atoms with E-state index in [1.54, 1.807) is 24.3 Å². The summed E-state index contributed by atoms with van der Waals surface area (Å²) in [5, 5.41) is 5.13. The number of carbonyl (C=O) groups excluding carboxylic acids is 1. The van der Waals surface area contributed by atoms with Crippen LogP contribution in [0.4, 0.5) is 0 Å². The van der Waals surface area contributed by atoms with E-state index in [1.165, 1.54) is 18.3 Å². The third-order valence-electron chi connectivity index (χ3n) is 5.87. The van der Waals surface area contributed by atoms with Crippen molar-refractivity contribution in [3.63, 3.8) is 0 Å². The van der Waals surface area contributed by atoms with Gasteiger partial charge in [0, 0.05) is 39.2 Å². The van der Waals surface area contributed by atoms with Crippen molar-refractivity contribution in [1.82, 2.24) is 14.3 Å². The highest BCUT2D eigenvalue weighted by molar-refractivity contribution is 7.89. The summed E-state index contributed by atoms with van der Waals surface area (Å²) in [7, 11) is -3.92. The predicted octanol–water partition coefficient (Wildman–Crippen LogP) is 5.74. The Morgan fingerprint density at radius 2 is 1.55 bits per heavy atom. The van der Waals surface area contributed by atoms with Gasteiger partial charge in [0.2, 0.25) is 10.0 Å². The van der Waals surface area contributed by atoms with Crippen molar-refractivity contribution in [2.45, 2.75) is 25.3 Å². The molecule has 0 saturated carbocycles. The van der Waals surface area contributed by atoms with Crippen LogP contribution in [-0.4, -0.2) is 36.0 Å². The van der Waals surface area contributed by atoms with Crippen molar-refractivity contribution in [1.29, 1.82) is 0 Å². The molecule has 3 aromatic carbocycles. The van der Waals surface area contributed by atoms with Crippen LogP contribution < -0.4 is 5.43 Å². The molecule has 1 N–H and O–H groups in total. The first kappa shape index (κ1) is 27.6. The second kappa shape index (κ2) is 12.0. The van der Waals surface area contributed by atoms with E-state index in [4.69, 9.17) is 23.2 Å². The largest absolute Gasteiger partial charge is 0.318 e. The number of aryl methyl sites for hydroxylation is 1. The normalized spacial score (nSPS) is 11.8. The van der Waals surface area contributed by atoms with Crippen molar-refractivity contribution in [3.05, 3.63) is 117 Å². The lowest BCUT2D eigenvalue weighted by Gasteiger charge is -2.21. The molecule has 0 fully saturated rings. The van der Waals surface area contributed by atoms with Gasteiger partial charge in [0.1, 0.15) is 0 Å². The van der Waals surface area contributed by atoms with E-state index < -0.39 is 22.5 Å². The van der Waals surface area contributed by atoms with Crippen molar-refractivity contribution in [3.8, 4) is 5.69 Å². The standard InChI is InChI=1S/C28H26Cl2N4O3S/c1-20-13-23(21(2)34(20)26-15-24(29)14-25(30)16-26)17-31-32-28(35)19-33(18-22-9-5-3-6-10-22)38(36,37)27-11-7-4-8-12-27/h3-17H,18-19H2,1-2H3,(H,32,35)/b31-17-. The van der Waals surface area contributed by atoms with Gasteiger partial charge < -0.3 is 4.57 Å². The lowest BCUT2D eigenvalue weighted by molar-refractivity contribution is -0.121. The highest BCUT2D eigenvalue weighted by Crippen LogP contribution is 2.26. The number of halogens is 2. The second-order valence-electron chi connectivity index (χ2n) is 8.65. The van der Waals surface area contributed by atoms with E-state index in [0.29, 0.717) is 10.0 Å². The van der Waals surface area contributed by atoms with Gasteiger partial charge in [0.05, 0.1) is 17.7 Å². The zero-order valence-corrected chi connectivity index (χ0v) is 23.1. The summed E-state index contributed by atoms with van der Waals surface area (Å²) in [6.45, 7) is 3.49. The van der Waals surface area contributed by atoms with Gasteiger partial charge in [-0.05, 0) is 55.8 Å². The van der Waals surface area contributed by atoms with Gasteiger partial charge in [-0.2, -0.15) is 9.41 Å². The van der Waals surface area contributed by atoms with Gasteiger partial charge in [0.15, 0.2) is 0 Å². The number of nitrogens with one attached hydrogen (secondary N) is 1. The molecule has 7 nitrogen and oxygen atoms in total. The molecular formula is C28H26Cl2N4O3S. The van der Waals surface area contributed by atoms with E-state index in [-0.39, 0.29) is 11.4 Å². The number of hydrazone groups is 1. The van der Waals surface area contributed by atoms with Crippen molar-refractivity contribution in [2.75, 3.05) is 6.54 Å². The average molecular weight is 570 g/mol. The summed E-state index contributed by atoms with van der Waals surface area (Å²) in [5.41, 5.74) is 6.60. The predicted molar refractivity (Wildman–Crippen MR) is 151 cm³/mol. The van der Waals surface area contributed by atoms with Gasteiger partial charge >= 0.3 is 0 Å². The van der Waals surface area contributed by atoms with E-state index in [0.717, 1.165) is 32.5 Å². The minimum absolute atomic E-state index is 0.0402. The topological polar surface area (TPSA) is 83.8 Å². The van der Waals surface area contributed by atoms with E-state index in [1.807, 2.05) is 66.9 Å². The highest BCUT2D eigenvalue weighted by Gasteiger charge is 2.26. The zero-order chi connectivity index (χ0) is 27.3. The van der Waals surface area contributed by atoms with Crippen LogP contribution in [0.25, 0.3) is 5.69 Å². The first-order valence-corrected chi connectivity index (χ1v) is 13.9. The van der Waals surface area contributed by atoms with Gasteiger partial charge in [-0.15, -0.1) is 0 Å². The molecule has 0 radical (unpaired) electrons. The van der Waals surface area contributed by atoms with E-state index in [2.05, 4.69) is 10.5 Å².